The van der Waals surface area contributed by atoms with E-state index in [4.69, 9.17) is 4.74 Å². The third kappa shape index (κ3) is 3.59. The SMILES string of the molecule is CC(O)c1ccc(Br)cc1OCc1cccc(F)c1Br. The van der Waals surface area contributed by atoms with Gasteiger partial charge in [-0.25, -0.2) is 4.39 Å². The molecule has 106 valence electrons. The summed E-state index contributed by atoms with van der Waals surface area (Å²) in [6, 6.07) is 10.2. The van der Waals surface area contributed by atoms with Crippen LogP contribution in [-0.2, 0) is 6.61 Å². The fraction of sp³-hybridized carbons (Fsp3) is 0.200. The summed E-state index contributed by atoms with van der Waals surface area (Å²) in [6.07, 6.45) is -0.631. The van der Waals surface area contributed by atoms with E-state index < -0.39 is 6.10 Å². The van der Waals surface area contributed by atoms with Crippen LogP contribution in [0.1, 0.15) is 24.2 Å². The molecule has 0 bridgehead atoms. The van der Waals surface area contributed by atoms with Crippen molar-refractivity contribution in [3.05, 3.63) is 62.3 Å². The largest absolute Gasteiger partial charge is 0.488 e. The van der Waals surface area contributed by atoms with Gasteiger partial charge in [-0.2, -0.15) is 0 Å². The van der Waals surface area contributed by atoms with Crippen LogP contribution in [0, 0.1) is 5.82 Å². The fourth-order valence-electron chi connectivity index (χ4n) is 1.79. The molecule has 0 radical (unpaired) electrons. The Morgan fingerprint density at radius 1 is 1.25 bits per heavy atom. The van der Waals surface area contributed by atoms with Crippen molar-refractivity contribution in [3.63, 3.8) is 0 Å². The average molecular weight is 404 g/mol. The normalized spacial score (nSPS) is 12.2. The second-order valence-electron chi connectivity index (χ2n) is 4.36. The maximum Gasteiger partial charge on any atom is 0.137 e. The van der Waals surface area contributed by atoms with Gasteiger partial charge in [0, 0.05) is 15.6 Å². The van der Waals surface area contributed by atoms with E-state index in [-0.39, 0.29) is 12.4 Å². The van der Waals surface area contributed by atoms with Gasteiger partial charge in [0.15, 0.2) is 0 Å². The van der Waals surface area contributed by atoms with Crippen LogP contribution in [0.25, 0.3) is 0 Å². The first-order valence-electron chi connectivity index (χ1n) is 6.02. The first kappa shape index (κ1) is 15.5. The Balaban J connectivity index is 2.22. The van der Waals surface area contributed by atoms with Gasteiger partial charge in [-0.1, -0.05) is 34.1 Å². The van der Waals surface area contributed by atoms with Gasteiger partial charge in [-0.05, 0) is 41.1 Å². The lowest BCUT2D eigenvalue weighted by molar-refractivity contribution is 0.190. The molecule has 1 N–H and O–H groups in total. The van der Waals surface area contributed by atoms with E-state index in [9.17, 15) is 9.50 Å². The monoisotopic (exact) mass is 402 g/mol. The van der Waals surface area contributed by atoms with Crippen LogP contribution < -0.4 is 4.74 Å². The summed E-state index contributed by atoms with van der Waals surface area (Å²) in [7, 11) is 0. The predicted octanol–water partition coefficient (Wildman–Crippen LogP) is 4.98. The molecule has 0 aliphatic rings. The van der Waals surface area contributed by atoms with Gasteiger partial charge >= 0.3 is 0 Å². The smallest absolute Gasteiger partial charge is 0.137 e. The van der Waals surface area contributed by atoms with Crippen LogP contribution >= 0.6 is 31.9 Å². The molecule has 0 aliphatic carbocycles. The van der Waals surface area contributed by atoms with Crippen LogP contribution in [0.2, 0.25) is 0 Å². The van der Waals surface area contributed by atoms with Gasteiger partial charge < -0.3 is 9.84 Å². The Morgan fingerprint density at radius 3 is 2.70 bits per heavy atom. The topological polar surface area (TPSA) is 29.5 Å². The minimum Gasteiger partial charge on any atom is -0.488 e. The lowest BCUT2D eigenvalue weighted by Gasteiger charge is -2.14. The average Bonchev–Trinajstić information content (AvgIpc) is 2.40. The zero-order valence-electron chi connectivity index (χ0n) is 10.7. The highest BCUT2D eigenvalue weighted by Gasteiger charge is 2.11. The number of halogens is 3. The highest BCUT2D eigenvalue weighted by Crippen LogP contribution is 2.30. The zero-order chi connectivity index (χ0) is 14.7. The molecular formula is C15H13Br2FO2. The first-order chi connectivity index (χ1) is 9.49. The molecule has 5 heteroatoms. The number of rotatable bonds is 4. The zero-order valence-corrected chi connectivity index (χ0v) is 13.9. The lowest BCUT2D eigenvalue weighted by Crippen LogP contribution is -2.02. The Kier molecular flexibility index (Phi) is 5.18. The van der Waals surface area contributed by atoms with Gasteiger partial charge in [0.05, 0.1) is 10.6 Å². The fourth-order valence-corrected chi connectivity index (χ4v) is 2.51. The number of aliphatic hydroxyl groups is 1. The minimum atomic E-state index is -0.631. The molecule has 20 heavy (non-hydrogen) atoms. The minimum absolute atomic E-state index is 0.217. The molecular weight excluding hydrogens is 391 g/mol. The molecule has 2 aromatic carbocycles. The molecule has 2 rings (SSSR count). The van der Waals surface area contributed by atoms with Gasteiger partial charge in [0.1, 0.15) is 18.2 Å². The van der Waals surface area contributed by atoms with Crippen molar-refractivity contribution in [3.8, 4) is 5.75 Å². The Bertz CT molecular complexity index is 615. The van der Waals surface area contributed by atoms with E-state index in [2.05, 4.69) is 31.9 Å². The molecule has 2 aromatic rings. The maximum absolute atomic E-state index is 13.4. The quantitative estimate of drug-likeness (QED) is 0.779. The number of ether oxygens (including phenoxy) is 1. The number of hydrogen-bond acceptors (Lipinski definition) is 2. The standard InChI is InChI=1S/C15H13Br2FO2/c1-9(19)12-6-5-11(16)7-14(12)20-8-10-3-2-4-13(18)15(10)17/h2-7,9,19H,8H2,1H3. The van der Waals surface area contributed by atoms with E-state index >= 15 is 0 Å². The summed E-state index contributed by atoms with van der Waals surface area (Å²) in [6.45, 7) is 1.89. The van der Waals surface area contributed by atoms with Gasteiger partial charge in [0.25, 0.3) is 0 Å². The summed E-state index contributed by atoms with van der Waals surface area (Å²) in [5.74, 6) is 0.252. The van der Waals surface area contributed by atoms with E-state index in [0.29, 0.717) is 21.3 Å². The lowest BCUT2D eigenvalue weighted by atomic mass is 10.1. The number of aliphatic hydroxyl groups excluding tert-OH is 1. The molecule has 0 saturated heterocycles. The van der Waals surface area contributed by atoms with Crippen molar-refractivity contribution < 1.29 is 14.2 Å². The Labute approximate surface area is 133 Å². The molecule has 0 saturated carbocycles. The van der Waals surface area contributed by atoms with Crippen LogP contribution in [-0.4, -0.2) is 5.11 Å². The molecule has 1 unspecified atom stereocenters. The van der Waals surface area contributed by atoms with Crippen LogP contribution in [0.15, 0.2) is 45.3 Å². The van der Waals surface area contributed by atoms with Gasteiger partial charge in [0.2, 0.25) is 0 Å². The van der Waals surface area contributed by atoms with Crippen molar-refractivity contribution in [2.24, 2.45) is 0 Å². The summed E-state index contributed by atoms with van der Waals surface area (Å²) in [4.78, 5) is 0. The van der Waals surface area contributed by atoms with Crippen molar-refractivity contribution in [1.82, 2.24) is 0 Å². The highest BCUT2D eigenvalue weighted by atomic mass is 79.9. The van der Waals surface area contributed by atoms with Crippen LogP contribution in [0.5, 0.6) is 5.75 Å². The molecule has 1 atom stereocenters. The third-order valence-corrected chi connectivity index (χ3v) is 4.22. The number of hydrogen-bond donors (Lipinski definition) is 1. The molecule has 2 nitrogen and oxygen atoms in total. The van der Waals surface area contributed by atoms with Gasteiger partial charge in [-0.3, -0.25) is 0 Å². The molecule has 0 amide bonds. The van der Waals surface area contributed by atoms with Crippen molar-refractivity contribution >= 4 is 31.9 Å². The predicted molar refractivity (Wildman–Crippen MR) is 83.2 cm³/mol. The molecule has 0 heterocycles. The van der Waals surface area contributed by atoms with E-state index in [0.717, 1.165) is 4.47 Å². The second-order valence-corrected chi connectivity index (χ2v) is 6.07. The summed E-state index contributed by atoms with van der Waals surface area (Å²) >= 11 is 6.57. The molecule has 0 spiro atoms. The van der Waals surface area contributed by atoms with E-state index in [1.165, 1.54) is 6.07 Å². The van der Waals surface area contributed by atoms with E-state index in [1.54, 1.807) is 31.2 Å². The molecule has 0 aromatic heterocycles. The first-order valence-corrected chi connectivity index (χ1v) is 7.61. The van der Waals surface area contributed by atoms with E-state index in [1.807, 2.05) is 6.07 Å². The molecule has 0 fully saturated rings. The summed E-state index contributed by atoms with van der Waals surface area (Å²) in [5.41, 5.74) is 1.40. The Hall–Kier alpha value is -0.910. The van der Waals surface area contributed by atoms with Crippen LogP contribution in [0.4, 0.5) is 4.39 Å². The van der Waals surface area contributed by atoms with Crippen molar-refractivity contribution in [2.45, 2.75) is 19.6 Å². The summed E-state index contributed by atoms with van der Waals surface area (Å²) in [5, 5.41) is 9.73. The second kappa shape index (κ2) is 6.70. The maximum atomic E-state index is 13.4. The number of benzene rings is 2. The Morgan fingerprint density at radius 2 is 2.00 bits per heavy atom. The highest BCUT2D eigenvalue weighted by molar-refractivity contribution is 9.10. The van der Waals surface area contributed by atoms with Crippen LogP contribution in [0.3, 0.4) is 0 Å². The van der Waals surface area contributed by atoms with Gasteiger partial charge in [-0.15, -0.1) is 0 Å². The molecule has 0 aliphatic heterocycles. The summed E-state index contributed by atoms with van der Waals surface area (Å²) < 4.78 is 20.4. The third-order valence-electron chi connectivity index (χ3n) is 2.84. The van der Waals surface area contributed by atoms with Crippen molar-refractivity contribution in [2.75, 3.05) is 0 Å². The van der Waals surface area contributed by atoms with Crippen molar-refractivity contribution in [1.29, 1.82) is 0 Å².